The summed E-state index contributed by atoms with van der Waals surface area (Å²) in [5, 5.41) is 12.7. The van der Waals surface area contributed by atoms with Gasteiger partial charge in [0.05, 0.1) is 5.56 Å². The Morgan fingerprint density at radius 3 is 3.19 bits per heavy atom. The highest BCUT2D eigenvalue weighted by Gasteiger charge is 2.20. The number of aromatic nitrogens is 1. The van der Waals surface area contributed by atoms with Crippen LogP contribution in [0.3, 0.4) is 0 Å². The molecule has 0 bridgehead atoms. The number of piperazine rings is 1. The second-order valence-electron chi connectivity index (χ2n) is 3.91. The normalized spacial score (nSPS) is 20.6. The molecule has 4 nitrogen and oxygen atoms in total. The lowest BCUT2D eigenvalue weighted by Crippen LogP contribution is -2.49. The van der Waals surface area contributed by atoms with Crippen molar-refractivity contribution in [3.8, 4) is 6.07 Å². The molecule has 2 rings (SSSR count). The molecule has 1 atom stereocenters. The van der Waals surface area contributed by atoms with Crippen LogP contribution in [0.2, 0.25) is 5.02 Å². The second-order valence-corrected chi connectivity index (χ2v) is 4.29. The molecule has 1 N–H and O–H groups in total. The van der Waals surface area contributed by atoms with Gasteiger partial charge in [-0.1, -0.05) is 11.6 Å². The molecule has 1 aliphatic heterocycles. The monoisotopic (exact) mass is 236 g/mol. The van der Waals surface area contributed by atoms with Crippen molar-refractivity contribution in [1.29, 1.82) is 5.26 Å². The largest absolute Gasteiger partial charge is 0.353 e. The lowest BCUT2D eigenvalue weighted by Gasteiger charge is -2.33. The van der Waals surface area contributed by atoms with Crippen LogP contribution in [-0.2, 0) is 0 Å². The molecule has 1 saturated heterocycles. The van der Waals surface area contributed by atoms with Crippen molar-refractivity contribution in [3.05, 3.63) is 22.8 Å². The zero-order valence-electron chi connectivity index (χ0n) is 9.07. The van der Waals surface area contributed by atoms with Gasteiger partial charge in [-0.05, 0) is 13.0 Å². The van der Waals surface area contributed by atoms with Gasteiger partial charge in [-0.15, -0.1) is 0 Å². The number of hydrogen-bond donors (Lipinski definition) is 1. The molecule has 5 heteroatoms. The minimum atomic E-state index is 0.414. The van der Waals surface area contributed by atoms with Gasteiger partial charge in [-0.2, -0.15) is 5.26 Å². The second kappa shape index (κ2) is 4.69. The first-order chi connectivity index (χ1) is 7.72. The van der Waals surface area contributed by atoms with Gasteiger partial charge >= 0.3 is 0 Å². The minimum Gasteiger partial charge on any atom is -0.353 e. The molecule has 16 heavy (non-hydrogen) atoms. The SMILES string of the molecule is C[C@@H]1CN(c2nccc(C#N)c2Cl)CCN1. The molecule has 0 amide bonds. The van der Waals surface area contributed by atoms with E-state index < -0.39 is 0 Å². The van der Waals surface area contributed by atoms with Crippen molar-refractivity contribution in [2.45, 2.75) is 13.0 Å². The van der Waals surface area contributed by atoms with E-state index in [0.717, 1.165) is 19.6 Å². The summed E-state index contributed by atoms with van der Waals surface area (Å²) in [7, 11) is 0. The molecule has 1 aromatic rings. The number of halogens is 1. The quantitative estimate of drug-likeness (QED) is 0.801. The Hall–Kier alpha value is -1.31. The summed E-state index contributed by atoms with van der Waals surface area (Å²) < 4.78 is 0. The lowest BCUT2D eigenvalue weighted by molar-refractivity contribution is 0.482. The zero-order valence-corrected chi connectivity index (χ0v) is 9.83. The van der Waals surface area contributed by atoms with Crippen molar-refractivity contribution in [2.24, 2.45) is 0 Å². The Balaban J connectivity index is 2.30. The van der Waals surface area contributed by atoms with Crippen molar-refractivity contribution in [1.82, 2.24) is 10.3 Å². The molecule has 1 aliphatic rings. The summed E-state index contributed by atoms with van der Waals surface area (Å²) in [6, 6.07) is 4.12. The number of anilines is 1. The smallest absolute Gasteiger partial charge is 0.148 e. The van der Waals surface area contributed by atoms with Crippen molar-refractivity contribution in [3.63, 3.8) is 0 Å². The standard InChI is InChI=1S/C11H13ClN4/c1-8-7-16(5-4-14-8)11-10(12)9(6-13)2-3-15-11/h2-3,8,14H,4-5,7H2,1H3/t8-/m1/s1. The average Bonchev–Trinajstić information content (AvgIpc) is 2.29. The van der Waals surface area contributed by atoms with E-state index in [4.69, 9.17) is 16.9 Å². The van der Waals surface area contributed by atoms with Crippen LogP contribution in [0, 0.1) is 11.3 Å². The van der Waals surface area contributed by atoms with Crippen LogP contribution in [0.25, 0.3) is 0 Å². The fourth-order valence-corrected chi connectivity index (χ4v) is 2.14. The zero-order chi connectivity index (χ0) is 11.5. The van der Waals surface area contributed by atoms with E-state index in [1.807, 2.05) is 0 Å². The van der Waals surface area contributed by atoms with Gasteiger partial charge in [0, 0.05) is 31.9 Å². The van der Waals surface area contributed by atoms with Crippen LogP contribution in [0.15, 0.2) is 12.3 Å². The van der Waals surface area contributed by atoms with Gasteiger partial charge in [0.1, 0.15) is 16.9 Å². The maximum absolute atomic E-state index is 8.90. The van der Waals surface area contributed by atoms with E-state index in [9.17, 15) is 0 Å². The van der Waals surface area contributed by atoms with Gasteiger partial charge in [0.15, 0.2) is 0 Å². The summed E-state index contributed by atoms with van der Waals surface area (Å²) in [6.45, 7) is 4.76. The maximum Gasteiger partial charge on any atom is 0.148 e. The molecule has 0 aromatic carbocycles. The highest BCUT2D eigenvalue weighted by molar-refractivity contribution is 6.34. The highest BCUT2D eigenvalue weighted by Crippen LogP contribution is 2.26. The van der Waals surface area contributed by atoms with Gasteiger partial charge in [0.25, 0.3) is 0 Å². The number of nitrogens with zero attached hydrogens (tertiary/aromatic N) is 3. The molecule has 0 radical (unpaired) electrons. The van der Waals surface area contributed by atoms with E-state index in [2.05, 4.69) is 28.2 Å². The Kier molecular flexibility index (Phi) is 3.28. The first-order valence-corrected chi connectivity index (χ1v) is 5.63. The number of nitrogens with one attached hydrogen (secondary N) is 1. The van der Waals surface area contributed by atoms with E-state index >= 15 is 0 Å². The Labute approximate surface area is 99.8 Å². The van der Waals surface area contributed by atoms with Gasteiger partial charge in [-0.3, -0.25) is 0 Å². The molecular formula is C11H13ClN4. The van der Waals surface area contributed by atoms with Crippen LogP contribution < -0.4 is 10.2 Å². The molecule has 1 aromatic heterocycles. The predicted molar refractivity (Wildman–Crippen MR) is 63.6 cm³/mol. The summed E-state index contributed by atoms with van der Waals surface area (Å²) >= 11 is 6.14. The van der Waals surface area contributed by atoms with Gasteiger partial charge in [0.2, 0.25) is 0 Å². The first kappa shape index (κ1) is 11.2. The number of pyridine rings is 1. The highest BCUT2D eigenvalue weighted by atomic mass is 35.5. The molecule has 84 valence electrons. The topological polar surface area (TPSA) is 52.0 Å². The van der Waals surface area contributed by atoms with Crippen molar-refractivity contribution >= 4 is 17.4 Å². The first-order valence-electron chi connectivity index (χ1n) is 5.25. The van der Waals surface area contributed by atoms with E-state index in [1.54, 1.807) is 12.3 Å². The van der Waals surface area contributed by atoms with Crippen LogP contribution in [0.4, 0.5) is 5.82 Å². The molecule has 1 fully saturated rings. The lowest BCUT2D eigenvalue weighted by atomic mass is 10.2. The third-order valence-electron chi connectivity index (χ3n) is 2.66. The third-order valence-corrected chi connectivity index (χ3v) is 3.03. The molecule has 0 unspecified atom stereocenters. The molecule has 0 saturated carbocycles. The van der Waals surface area contributed by atoms with Crippen molar-refractivity contribution in [2.75, 3.05) is 24.5 Å². The minimum absolute atomic E-state index is 0.414. The summed E-state index contributed by atoms with van der Waals surface area (Å²) in [5.74, 6) is 0.717. The number of rotatable bonds is 1. The molecular weight excluding hydrogens is 224 g/mol. The number of hydrogen-bond acceptors (Lipinski definition) is 4. The van der Waals surface area contributed by atoms with Gasteiger partial charge < -0.3 is 10.2 Å². The van der Waals surface area contributed by atoms with E-state index in [0.29, 0.717) is 22.4 Å². The van der Waals surface area contributed by atoms with Crippen LogP contribution >= 0.6 is 11.6 Å². The van der Waals surface area contributed by atoms with Crippen LogP contribution in [-0.4, -0.2) is 30.7 Å². The van der Waals surface area contributed by atoms with Gasteiger partial charge in [-0.25, -0.2) is 4.98 Å². The molecule has 0 aliphatic carbocycles. The fourth-order valence-electron chi connectivity index (χ4n) is 1.86. The average molecular weight is 237 g/mol. The number of nitriles is 1. The van der Waals surface area contributed by atoms with E-state index in [1.165, 1.54) is 0 Å². The Morgan fingerprint density at radius 2 is 2.50 bits per heavy atom. The van der Waals surface area contributed by atoms with E-state index in [-0.39, 0.29) is 0 Å². The van der Waals surface area contributed by atoms with Crippen LogP contribution in [0.5, 0.6) is 0 Å². The Bertz CT molecular complexity index is 426. The molecule has 0 spiro atoms. The predicted octanol–water partition coefficient (Wildman–Crippen LogP) is 1.40. The fraction of sp³-hybridized carbons (Fsp3) is 0.455. The Morgan fingerprint density at radius 1 is 1.69 bits per heavy atom. The van der Waals surface area contributed by atoms with Crippen LogP contribution in [0.1, 0.15) is 12.5 Å². The third kappa shape index (κ3) is 2.11. The maximum atomic E-state index is 8.90. The molecule has 2 heterocycles. The summed E-state index contributed by atoms with van der Waals surface area (Å²) in [5.41, 5.74) is 0.484. The van der Waals surface area contributed by atoms with Crippen molar-refractivity contribution < 1.29 is 0 Å². The summed E-state index contributed by atoms with van der Waals surface area (Å²) in [6.07, 6.45) is 1.63. The summed E-state index contributed by atoms with van der Waals surface area (Å²) in [4.78, 5) is 6.38.